The largest absolute Gasteiger partial charge is 0.444 e. The second kappa shape index (κ2) is 6.48. The first kappa shape index (κ1) is 17.1. The number of piperazine rings is 1. The molecule has 1 aliphatic rings. The van der Waals surface area contributed by atoms with Gasteiger partial charge in [0, 0.05) is 44.0 Å². The van der Waals surface area contributed by atoms with Gasteiger partial charge in [0.2, 0.25) is 0 Å². The van der Waals surface area contributed by atoms with Crippen molar-refractivity contribution >= 4 is 30.8 Å². The Kier molecular flexibility index (Phi) is 4.82. The van der Waals surface area contributed by atoms with E-state index < -0.39 is 10.5 Å². The average Bonchev–Trinajstić information content (AvgIpc) is 2.45. The van der Waals surface area contributed by atoms with Crippen LogP contribution in [0.1, 0.15) is 20.8 Å². The van der Waals surface area contributed by atoms with Crippen molar-refractivity contribution in [2.75, 3.05) is 31.1 Å². The molecule has 0 aromatic heterocycles. The van der Waals surface area contributed by atoms with Crippen molar-refractivity contribution in [3.63, 3.8) is 0 Å². The van der Waals surface area contributed by atoms with Gasteiger partial charge in [-0.2, -0.15) is 0 Å². The summed E-state index contributed by atoms with van der Waals surface area (Å²) in [7, 11) is 1.86. The highest BCUT2D eigenvalue weighted by molar-refractivity contribution is 6.36. The van der Waals surface area contributed by atoms with Crippen LogP contribution in [0.3, 0.4) is 0 Å². The number of ether oxygens (including phenoxy) is 1. The lowest BCUT2D eigenvalue weighted by Gasteiger charge is -2.37. The van der Waals surface area contributed by atoms with Crippen LogP contribution in [-0.2, 0) is 4.74 Å². The molecule has 7 nitrogen and oxygen atoms in total. The van der Waals surface area contributed by atoms with Gasteiger partial charge in [-0.05, 0) is 26.8 Å². The van der Waals surface area contributed by atoms with Gasteiger partial charge in [-0.25, -0.2) is 4.79 Å². The number of nitro benzene ring substituents is 1. The van der Waals surface area contributed by atoms with Crippen molar-refractivity contribution in [3.8, 4) is 0 Å². The molecule has 0 radical (unpaired) electrons. The Morgan fingerprint density at radius 3 is 2.35 bits per heavy atom. The quantitative estimate of drug-likeness (QED) is 0.460. The summed E-state index contributed by atoms with van der Waals surface area (Å²) in [5.41, 5.74) is 1.44. The van der Waals surface area contributed by atoms with Crippen molar-refractivity contribution in [1.29, 1.82) is 0 Å². The summed E-state index contributed by atoms with van der Waals surface area (Å²) < 4.78 is 5.38. The first-order valence-electron chi connectivity index (χ1n) is 7.65. The fourth-order valence-corrected chi connectivity index (χ4v) is 2.56. The minimum Gasteiger partial charge on any atom is -0.444 e. The first-order valence-corrected chi connectivity index (χ1v) is 7.65. The van der Waals surface area contributed by atoms with E-state index in [-0.39, 0.29) is 11.8 Å². The maximum absolute atomic E-state index is 12.1. The van der Waals surface area contributed by atoms with Gasteiger partial charge in [-0.3, -0.25) is 10.1 Å². The van der Waals surface area contributed by atoms with Gasteiger partial charge >= 0.3 is 6.09 Å². The van der Waals surface area contributed by atoms with Crippen molar-refractivity contribution in [3.05, 3.63) is 28.3 Å². The van der Waals surface area contributed by atoms with Gasteiger partial charge < -0.3 is 14.5 Å². The van der Waals surface area contributed by atoms with Crippen LogP contribution in [0.15, 0.2) is 18.2 Å². The van der Waals surface area contributed by atoms with E-state index >= 15 is 0 Å². The van der Waals surface area contributed by atoms with Gasteiger partial charge in [0.25, 0.3) is 5.69 Å². The lowest BCUT2D eigenvalue weighted by Crippen LogP contribution is -2.50. The third-order valence-corrected chi connectivity index (χ3v) is 3.66. The van der Waals surface area contributed by atoms with Crippen molar-refractivity contribution in [2.45, 2.75) is 26.4 Å². The predicted molar refractivity (Wildman–Crippen MR) is 91.3 cm³/mol. The van der Waals surface area contributed by atoms with Crippen LogP contribution in [0.2, 0.25) is 0 Å². The molecule has 0 N–H and O–H groups in total. The van der Waals surface area contributed by atoms with Crippen molar-refractivity contribution in [2.24, 2.45) is 0 Å². The summed E-state index contributed by atoms with van der Waals surface area (Å²) >= 11 is 0. The summed E-state index contributed by atoms with van der Waals surface area (Å²) in [5, 5.41) is 10.8. The zero-order valence-electron chi connectivity index (χ0n) is 14.0. The fraction of sp³-hybridized carbons (Fsp3) is 0.533. The zero-order valence-corrected chi connectivity index (χ0v) is 14.0. The summed E-state index contributed by atoms with van der Waals surface area (Å²) in [4.78, 5) is 26.3. The second-order valence-corrected chi connectivity index (χ2v) is 6.68. The van der Waals surface area contributed by atoms with Gasteiger partial charge in [0.05, 0.1) is 4.92 Å². The third kappa shape index (κ3) is 4.37. The van der Waals surface area contributed by atoms with Crippen LogP contribution in [0.5, 0.6) is 0 Å². The molecule has 0 aliphatic carbocycles. The predicted octanol–water partition coefficient (Wildman–Crippen LogP) is 0.910. The number of hydrogen-bond donors (Lipinski definition) is 0. The third-order valence-electron chi connectivity index (χ3n) is 3.66. The molecule has 0 bridgehead atoms. The summed E-state index contributed by atoms with van der Waals surface area (Å²) in [6.45, 7) is 8.05. The number of carbonyl (C=O) groups is 1. The molecule has 0 unspecified atom stereocenters. The molecule has 1 aromatic carbocycles. The van der Waals surface area contributed by atoms with Crippen LogP contribution >= 0.6 is 0 Å². The second-order valence-electron chi connectivity index (χ2n) is 6.68. The lowest BCUT2D eigenvalue weighted by atomic mass is 9.92. The SMILES string of the molecule is Bc1cc([N+](=O)[O-])ccc1N1CCN(C(=O)OC(C)(C)C)CC1. The summed E-state index contributed by atoms with van der Waals surface area (Å²) in [6.07, 6.45) is -0.294. The van der Waals surface area contributed by atoms with Crippen LogP contribution in [0.25, 0.3) is 0 Å². The van der Waals surface area contributed by atoms with E-state index in [1.54, 1.807) is 17.0 Å². The van der Waals surface area contributed by atoms with Crippen LogP contribution in [0.4, 0.5) is 16.2 Å². The number of carbonyl (C=O) groups excluding carboxylic acids is 1. The number of amides is 1. The monoisotopic (exact) mass is 319 g/mol. The number of benzene rings is 1. The zero-order chi connectivity index (χ0) is 17.2. The van der Waals surface area contributed by atoms with Crippen molar-refractivity contribution < 1.29 is 14.5 Å². The molecule has 1 saturated heterocycles. The summed E-state index contributed by atoms with van der Waals surface area (Å²) in [6, 6.07) is 4.87. The van der Waals surface area contributed by atoms with E-state index in [0.29, 0.717) is 26.2 Å². The Morgan fingerprint density at radius 1 is 1.26 bits per heavy atom. The molecule has 1 aromatic rings. The van der Waals surface area contributed by atoms with E-state index in [9.17, 15) is 14.9 Å². The smallest absolute Gasteiger partial charge is 0.410 e. The van der Waals surface area contributed by atoms with Gasteiger partial charge in [-0.15, -0.1) is 0 Å². The number of anilines is 1. The Hall–Kier alpha value is -2.25. The van der Waals surface area contributed by atoms with E-state index in [4.69, 9.17) is 4.74 Å². The average molecular weight is 319 g/mol. The number of hydrogen-bond acceptors (Lipinski definition) is 5. The minimum absolute atomic E-state index is 0.0960. The topological polar surface area (TPSA) is 75.9 Å². The molecule has 0 atom stereocenters. The molecule has 0 saturated carbocycles. The minimum atomic E-state index is -0.497. The van der Waals surface area contributed by atoms with E-state index in [0.717, 1.165) is 11.2 Å². The van der Waals surface area contributed by atoms with Crippen molar-refractivity contribution in [1.82, 2.24) is 4.90 Å². The van der Waals surface area contributed by atoms with Crippen LogP contribution in [0, 0.1) is 10.1 Å². The molecule has 124 valence electrons. The Bertz CT molecular complexity index is 607. The maximum atomic E-state index is 12.1. The molecule has 2 rings (SSSR count). The molecule has 1 heterocycles. The number of nitrogens with zero attached hydrogens (tertiary/aromatic N) is 3. The standard InChI is InChI=1S/C15H22BN3O4/c1-15(2,3)23-14(20)18-8-6-17(7-9-18)13-5-4-11(19(21)22)10-12(13)16/h4-5,10H,6-9,16H2,1-3H3. The fourth-order valence-electron chi connectivity index (χ4n) is 2.56. The van der Waals surface area contributed by atoms with Gasteiger partial charge in [0.1, 0.15) is 13.4 Å². The molecular weight excluding hydrogens is 297 g/mol. The van der Waals surface area contributed by atoms with Crippen LogP contribution < -0.4 is 10.4 Å². The maximum Gasteiger partial charge on any atom is 0.410 e. The highest BCUT2D eigenvalue weighted by Crippen LogP contribution is 2.19. The highest BCUT2D eigenvalue weighted by atomic mass is 16.6. The van der Waals surface area contributed by atoms with E-state index in [2.05, 4.69) is 4.90 Å². The van der Waals surface area contributed by atoms with E-state index in [1.807, 2.05) is 28.6 Å². The lowest BCUT2D eigenvalue weighted by molar-refractivity contribution is -0.384. The number of rotatable bonds is 2. The normalized spacial score (nSPS) is 15.4. The molecule has 1 fully saturated rings. The first-order chi connectivity index (χ1) is 10.7. The van der Waals surface area contributed by atoms with Gasteiger partial charge in [0.15, 0.2) is 0 Å². The highest BCUT2D eigenvalue weighted by Gasteiger charge is 2.26. The summed E-state index contributed by atoms with van der Waals surface area (Å²) in [5.74, 6) is 0. The number of nitro groups is 1. The molecule has 1 aliphatic heterocycles. The molecular formula is C15H22BN3O4. The molecule has 0 spiro atoms. The molecule has 8 heteroatoms. The molecule has 1 amide bonds. The Morgan fingerprint density at radius 2 is 1.87 bits per heavy atom. The Balaban J connectivity index is 1.99. The molecule has 23 heavy (non-hydrogen) atoms. The van der Waals surface area contributed by atoms with E-state index in [1.165, 1.54) is 6.07 Å². The Labute approximate surface area is 136 Å². The van der Waals surface area contributed by atoms with Gasteiger partial charge in [-0.1, -0.05) is 5.46 Å². The number of non-ortho nitro benzene ring substituents is 1. The van der Waals surface area contributed by atoms with Crippen LogP contribution in [-0.4, -0.2) is 55.5 Å².